The molecule has 1 amide bonds. The van der Waals surface area contributed by atoms with Crippen molar-refractivity contribution in [3.05, 3.63) is 17.0 Å². The normalized spacial score (nSPS) is 11.2. The minimum atomic E-state index is -0.165. The lowest BCUT2D eigenvalue weighted by molar-refractivity contribution is -0.120. The second-order valence-corrected chi connectivity index (χ2v) is 5.39. The van der Waals surface area contributed by atoms with Crippen molar-refractivity contribution in [3.63, 3.8) is 0 Å². The molecule has 1 rings (SSSR count). The number of carbonyl (C=O) groups excluding carboxylic acids is 1. The molecule has 0 saturated heterocycles. The van der Waals surface area contributed by atoms with Gasteiger partial charge in [-0.05, 0) is 0 Å². The number of hydrogen-bond donors (Lipinski definition) is 2. The van der Waals surface area contributed by atoms with Crippen LogP contribution in [0.25, 0.3) is 0 Å². The molecule has 0 radical (unpaired) electrons. The molecule has 5 nitrogen and oxygen atoms in total. The van der Waals surface area contributed by atoms with Gasteiger partial charge in [-0.2, -0.15) is 0 Å². The van der Waals surface area contributed by atoms with E-state index in [1.54, 1.807) is 13.1 Å². The van der Waals surface area contributed by atoms with Crippen LogP contribution in [0.5, 0.6) is 0 Å². The van der Waals surface area contributed by atoms with Crippen LogP contribution in [-0.4, -0.2) is 29.5 Å². The molecule has 0 aliphatic rings. The third-order valence-electron chi connectivity index (χ3n) is 2.30. The van der Waals surface area contributed by atoms with Crippen molar-refractivity contribution in [2.45, 2.75) is 32.6 Å². The first-order valence-electron chi connectivity index (χ1n) is 5.82. The van der Waals surface area contributed by atoms with Crippen molar-refractivity contribution >= 4 is 23.3 Å². The molecule has 2 N–H and O–H groups in total. The Labute approximate surface area is 112 Å². The second-order valence-electron chi connectivity index (χ2n) is 5.00. The maximum Gasteiger partial charge on any atom is 0.221 e. The molecule has 0 spiro atoms. The maximum absolute atomic E-state index is 11.1. The Hall–Kier alpha value is -1.36. The Kier molecular flexibility index (Phi) is 4.90. The van der Waals surface area contributed by atoms with Crippen LogP contribution in [0.4, 0.5) is 5.82 Å². The third kappa shape index (κ3) is 4.49. The van der Waals surface area contributed by atoms with Crippen LogP contribution in [0.1, 0.15) is 33.0 Å². The number of nitrogens with zero attached hydrogens (tertiary/aromatic N) is 2. The van der Waals surface area contributed by atoms with E-state index in [4.69, 9.17) is 11.6 Å². The van der Waals surface area contributed by atoms with E-state index in [-0.39, 0.29) is 11.3 Å². The average Bonchev–Trinajstić information content (AvgIpc) is 2.27. The van der Waals surface area contributed by atoms with Gasteiger partial charge in [0.15, 0.2) is 0 Å². The summed E-state index contributed by atoms with van der Waals surface area (Å²) >= 11 is 5.95. The van der Waals surface area contributed by atoms with Crippen LogP contribution < -0.4 is 10.6 Å². The fraction of sp³-hybridized carbons (Fsp3) is 0.583. The number of carbonyl (C=O) groups is 1. The highest BCUT2D eigenvalue weighted by Gasteiger charge is 2.18. The lowest BCUT2D eigenvalue weighted by atomic mass is 9.96. The van der Waals surface area contributed by atoms with Crippen molar-refractivity contribution in [1.82, 2.24) is 15.3 Å². The van der Waals surface area contributed by atoms with Gasteiger partial charge in [-0.25, -0.2) is 9.97 Å². The van der Waals surface area contributed by atoms with E-state index in [0.29, 0.717) is 29.8 Å². The zero-order valence-corrected chi connectivity index (χ0v) is 11.9. The fourth-order valence-corrected chi connectivity index (χ4v) is 1.46. The summed E-state index contributed by atoms with van der Waals surface area (Å²) in [5, 5.41) is 6.03. The molecule has 1 aromatic rings. The van der Waals surface area contributed by atoms with Gasteiger partial charge in [0, 0.05) is 31.5 Å². The van der Waals surface area contributed by atoms with Gasteiger partial charge in [-0.1, -0.05) is 32.4 Å². The predicted octanol–water partition coefficient (Wildman–Crippen LogP) is 1.98. The zero-order chi connectivity index (χ0) is 13.8. The van der Waals surface area contributed by atoms with E-state index < -0.39 is 0 Å². The molecular weight excluding hydrogens is 252 g/mol. The zero-order valence-electron chi connectivity index (χ0n) is 11.2. The van der Waals surface area contributed by atoms with Gasteiger partial charge in [0.25, 0.3) is 0 Å². The first-order valence-corrected chi connectivity index (χ1v) is 6.20. The number of rotatable bonds is 4. The highest BCUT2D eigenvalue weighted by molar-refractivity contribution is 6.29. The number of amides is 1. The van der Waals surface area contributed by atoms with Crippen molar-refractivity contribution < 1.29 is 4.79 Å². The first-order chi connectivity index (χ1) is 8.32. The molecule has 100 valence electrons. The maximum atomic E-state index is 11.1. The summed E-state index contributed by atoms with van der Waals surface area (Å²) in [7, 11) is 1.61. The molecule has 0 aliphatic heterocycles. The number of aromatic nitrogens is 2. The van der Waals surface area contributed by atoms with Gasteiger partial charge < -0.3 is 10.6 Å². The molecule has 0 aliphatic carbocycles. The summed E-state index contributed by atoms with van der Waals surface area (Å²) in [4.78, 5) is 19.7. The Morgan fingerprint density at radius 2 is 2.06 bits per heavy atom. The van der Waals surface area contributed by atoms with Gasteiger partial charge in [0.2, 0.25) is 5.91 Å². The average molecular weight is 271 g/mol. The molecule has 0 unspecified atom stereocenters. The summed E-state index contributed by atoms with van der Waals surface area (Å²) in [6.07, 6.45) is 0.392. The minimum Gasteiger partial charge on any atom is -0.369 e. The van der Waals surface area contributed by atoms with Gasteiger partial charge >= 0.3 is 0 Å². The van der Waals surface area contributed by atoms with Gasteiger partial charge in [-0.15, -0.1) is 0 Å². The van der Waals surface area contributed by atoms with E-state index in [1.807, 2.05) is 20.8 Å². The number of anilines is 1. The molecule has 0 aromatic carbocycles. The van der Waals surface area contributed by atoms with Crippen molar-refractivity contribution in [2.24, 2.45) is 0 Å². The van der Waals surface area contributed by atoms with Crippen molar-refractivity contribution in [1.29, 1.82) is 0 Å². The summed E-state index contributed by atoms with van der Waals surface area (Å²) < 4.78 is 0. The first kappa shape index (κ1) is 14.7. The van der Waals surface area contributed by atoms with E-state index in [0.717, 1.165) is 0 Å². The summed E-state index contributed by atoms with van der Waals surface area (Å²) in [6, 6.07) is 1.65. The van der Waals surface area contributed by atoms with Gasteiger partial charge in [0.1, 0.15) is 16.8 Å². The monoisotopic (exact) mass is 270 g/mol. The molecule has 0 fully saturated rings. The minimum absolute atomic E-state index is 0.0151. The number of halogens is 1. The number of nitrogens with one attached hydrogen (secondary N) is 2. The fourth-order valence-electron chi connectivity index (χ4n) is 1.27. The molecule has 0 saturated carbocycles. The molecule has 0 bridgehead atoms. The van der Waals surface area contributed by atoms with Crippen LogP contribution in [0, 0.1) is 0 Å². The standard InChI is InChI=1S/C12H19ClN4O/c1-12(2,3)11-16-8(13)7-9(17-11)15-6-5-10(18)14-4/h7H,5-6H2,1-4H3,(H,14,18)(H,15,16,17). The third-order valence-corrected chi connectivity index (χ3v) is 2.50. The Balaban J connectivity index is 2.72. The van der Waals surface area contributed by atoms with Crippen molar-refractivity contribution in [2.75, 3.05) is 18.9 Å². The van der Waals surface area contributed by atoms with Crippen LogP contribution in [0.2, 0.25) is 5.15 Å². The lowest BCUT2D eigenvalue weighted by Crippen LogP contribution is -2.22. The molecule has 6 heteroatoms. The Morgan fingerprint density at radius 3 is 2.61 bits per heavy atom. The van der Waals surface area contributed by atoms with Crippen molar-refractivity contribution in [3.8, 4) is 0 Å². The Bertz CT molecular complexity index is 429. The highest BCUT2D eigenvalue weighted by Crippen LogP contribution is 2.22. The smallest absolute Gasteiger partial charge is 0.221 e. The van der Waals surface area contributed by atoms with E-state index >= 15 is 0 Å². The van der Waals surface area contributed by atoms with Crippen LogP contribution in [0.3, 0.4) is 0 Å². The molecule has 18 heavy (non-hydrogen) atoms. The van der Waals surface area contributed by atoms with E-state index in [9.17, 15) is 4.79 Å². The largest absolute Gasteiger partial charge is 0.369 e. The van der Waals surface area contributed by atoms with E-state index in [1.165, 1.54) is 0 Å². The quantitative estimate of drug-likeness (QED) is 0.821. The predicted molar refractivity (Wildman–Crippen MR) is 72.9 cm³/mol. The molecular formula is C12H19ClN4O. The second kappa shape index (κ2) is 6.00. The van der Waals surface area contributed by atoms with E-state index in [2.05, 4.69) is 20.6 Å². The summed E-state index contributed by atoms with van der Waals surface area (Å²) in [5.41, 5.74) is -0.165. The molecule has 0 atom stereocenters. The number of hydrogen-bond acceptors (Lipinski definition) is 4. The molecule has 1 aromatic heterocycles. The Morgan fingerprint density at radius 1 is 1.39 bits per heavy atom. The summed E-state index contributed by atoms with van der Waals surface area (Å²) in [6.45, 7) is 6.57. The van der Waals surface area contributed by atoms with Gasteiger partial charge in [-0.3, -0.25) is 4.79 Å². The lowest BCUT2D eigenvalue weighted by Gasteiger charge is -2.17. The summed E-state index contributed by atoms with van der Waals surface area (Å²) in [5.74, 6) is 1.31. The molecule has 1 heterocycles. The van der Waals surface area contributed by atoms with Crippen LogP contribution in [0.15, 0.2) is 6.07 Å². The van der Waals surface area contributed by atoms with Gasteiger partial charge in [0.05, 0.1) is 0 Å². The topological polar surface area (TPSA) is 66.9 Å². The van der Waals surface area contributed by atoms with Crippen LogP contribution in [-0.2, 0) is 10.2 Å². The highest BCUT2D eigenvalue weighted by atomic mass is 35.5. The SMILES string of the molecule is CNC(=O)CCNc1cc(Cl)nc(C(C)(C)C)n1. The van der Waals surface area contributed by atoms with Crippen LogP contribution >= 0.6 is 11.6 Å².